The van der Waals surface area contributed by atoms with Crippen LogP contribution in [0.4, 0.5) is 0 Å². The van der Waals surface area contributed by atoms with Crippen molar-refractivity contribution in [3.8, 4) is 0 Å². The van der Waals surface area contributed by atoms with Crippen LogP contribution in [0.2, 0.25) is 0 Å². The van der Waals surface area contributed by atoms with E-state index >= 15 is 0 Å². The summed E-state index contributed by atoms with van der Waals surface area (Å²) in [7, 11) is 0. The van der Waals surface area contributed by atoms with E-state index in [0.29, 0.717) is 0 Å². The Labute approximate surface area is 197 Å². The number of hydrogen-bond donors (Lipinski definition) is 2. The summed E-state index contributed by atoms with van der Waals surface area (Å²) in [5, 5.41) is 16.5. The van der Waals surface area contributed by atoms with E-state index in [0.717, 1.165) is 0 Å². The van der Waals surface area contributed by atoms with Crippen molar-refractivity contribution >= 4 is 11.9 Å². The number of rotatable bonds is 0. The molecule has 0 aromatic heterocycles. The maximum atomic E-state index is 10.0. The van der Waals surface area contributed by atoms with Crippen LogP contribution < -0.4 is 12.4 Å². The van der Waals surface area contributed by atoms with Gasteiger partial charge >= 0.3 is 11.9 Å². The van der Waals surface area contributed by atoms with Gasteiger partial charge in [-0.2, -0.15) is 5.57 Å². The molecule has 0 aromatic rings. The fraction of sp³-hybridized carbons (Fsp3) is 0.696. The SMILES string of the molecule is CC(C)(C)C(=O)O.CC(C)(C)C(=O)O.[CH-]1CCCC2=C1CC1=C2CCCC1.[Cl-].[Ti]. The van der Waals surface area contributed by atoms with Crippen molar-refractivity contribution in [1.29, 1.82) is 0 Å². The predicted octanol–water partition coefficient (Wildman–Crippen LogP) is 3.18. The smallest absolute Gasteiger partial charge is 0.308 e. The molecule has 0 saturated heterocycles. The van der Waals surface area contributed by atoms with Crippen molar-refractivity contribution < 1.29 is 53.9 Å². The van der Waals surface area contributed by atoms with Crippen LogP contribution in [0.15, 0.2) is 22.3 Å². The largest absolute Gasteiger partial charge is 1.00 e. The molecule has 4 nitrogen and oxygen atoms in total. The minimum absolute atomic E-state index is 0. The van der Waals surface area contributed by atoms with Crippen molar-refractivity contribution in [2.24, 2.45) is 10.8 Å². The van der Waals surface area contributed by atoms with Gasteiger partial charge in [-0.05, 0) is 67.2 Å². The van der Waals surface area contributed by atoms with Gasteiger partial charge in [-0.1, -0.05) is 24.8 Å². The molecule has 3 rings (SSSR count). The summed E-state index contributed by atoms with van der Waals surface area (Å²) < 4.78 is 0. The molecule has 0 atom stereocenters. The first-order valence-corrected chi connectivity index (χ1v) is 10.1. The van der Waals surface area contributed by atoms with Gasteiger partial charge in [0.1, 0.15) is 0 Å². The van der Waals surface area contributed by atoms with Crippen LogP contribution >= 0.6 is 0 Å². The number of aliphatic carboxylic acids is 2. The van der Waals surface area contributed by atoms with Crippen LogP contribution in [0.3, 0.4) is 0 Å². The van der Waals surface area contributed by atoms with Crippen molar-refractivity contribution in [3.63, 3.8) is 0 Å². The molecule has 2 N–H and O–H groups in total. The number of hydrogen-bond acceptors (Lipinski definition) is 2. The van der Waals surface area contributed by atoms with Gasteiger partial charge in [0.25, 0.3) is 0 Å². The number of halogens is 1. The number of fused-ring (bicyclic) bond motifs is 1. The summed E-state index contributed by atoms with van der Waals surface area (Å²) in [5.41, 5.74) is 5.89. The standard InChI is InChI=1S/C13H17.2C5H10O2.ClH.Ti/c1-3-7-12-10(5-1)9-11-6-2-4-8-13(11)12;2*1-5(2,3)4(6)7;;/h5H,1-4,6-9H2;2*1-3H3,(H,6,7);1H;/q-1;;;;/p-1. The van der Waals surface area contributed by atoms with Gasteiger partial charge in [-0.15, -0.1) is 12.0 Å². The van der Waals surface area contributed by atoms with E-state index in [1.54, 1.807) is 63.8 Å². The number of carboxylic acid groups (broad SMARTS) is 2. The number of allylic oxidation sites excluding steroid dienone is 4. The van der Waals surface area contributed by atoms with E-state index in [1.165, 1.54) is 51.4 Å². The average molecular weight is 461 g/mol. The zero-order valence-electron chi connectivity index (χ0n) is 18.8. The fourth-order valence-corrected chi connectivity index (χ4v) is 3.12. The second-order valence-electron chi connectivity index (χ2n) is 9.68. The molecule has 0 fully saturated rings. The van der Waals surface area contributed by atoms with Crippen LogP contribution in [0.1, 0.15) is 92.9 Å². The van der Waals surface area contributed by atoms with Crippen LogP contribution in [0.25, 0.3) is 0 Å². The van der Waals surface area contributed by atoms with Gasteiger partial charge in [0, 0.05) is 21.7 Å². The molecular weight excluding hydrogens is 424 g/mol. The number of carboxylic acids is 2. The maximum absolute atomic E-state index is 10.0. The third-order valence-electron chi connectivity index (χ3n) is 5.04. The van der Waals surface area contributed by atoms with Crippen molar-refractivity contribution in [3.05, 3.63) is 28.7 Å². The molecule has 0 aromatic carbocycles. The van der Waals surface area contributed by atoms with Crippen LogP contribution in [-0.2, 0) is 31.3 Å². The summed E-state index contributed by atoms with van der Waals surface area (Å²) in [6.45, 7) is 9.97. The van der Waals surface area contributed by atoms with E-state index in [4.69, 9.17) is 10.2 Å². The molecule has 0 saturated carbocycles. The van der Waals surface area contributed by atoms with Crippen molar-refractivity contribution in [2.45, 2.75) is 92.9 Å². The Kier molecular flexibility index (Phi) is 13.5. The molecule has 6 heteroatoms. The summed E-state index contributed by atoms with van der Waals surface area (Å²) in [4.78, 5) is 20.0. The molecule has 0 unspecified atom stereocenters. The normalized spacial score (nSPS) is 17.6. The quantitative estimate of drug-likeness (QED) is 0.430. The first-order chi connectivity index (χ1) is 12.3. The monoisotopic (exact) mass is 460 g/mol. The Bertz CT molecular complexity index is 568. The minimum Gasteiger partial charge on any atom is -1.00 e. The summed E-state index contributed by atoms with van der Waals surface area (Å²) in [6, 6.07) is 0. The van der Waals surface area contributed by atoms with Gasteiger partial charge in [0.2, 0.25) is 0 Å². The Morgan fingerprint density at radius 1 is 0.793 bits per heavy atom. The van der Waals surface area contributed by atoms with E-state index in [9.17, 15) is 9.59 Å². The zero-order chi connectivity index (χ0) is 20.8. The molecule has 166 valence electrons. The van der Waals surface area contributed by atoms with E-state index < -0.39 is 22.8 Å². The second kappa shape index (κ2) is 12.9. The molecule has 0 aliphatic heterocycles. The summed E-state index contributed by atoms with van der Waals surface area (Å²) in [6.07, 6.45) is 13.6. The van der Waals surface area contributed by atoms with Gasteiger partial charge < -0.3 is 22.6 Å². The molecule has 3 aliphatic carbocycles. The zero-order valence-corrected chi connectivity index (χ0v) is 21.1. The molecule has 0 radical (unpaired) electrons. The summed E-state index contributed by atoms with van der Waals surface area (Å²) >= 11 is 0. The maximum Gasteiger partial charge on any atom is 0.308 e. The van der Waals surface area contributed by atoms with Crippen LogP contribution in [-0.4, -0.2) is 22.2 Å². The Hall–Kier alpha value is -0.706. The van der Waals surface area contributed by atoms with Gasteiger partial charge in [0.15, 0.2) is 0 Å². The van der Waals surface area contributed by atoms with E-state index in [2.05, 4.69) is 6.42 Å². The number of carbonyl (C=O) groups is 2. The van der Waals surface area contributed by atoms with E-state index in [1.807, 2.05) is 0 Å². The first-order valence-electron chi connectivity index (χ1n) is 10.1. The van der Waals surface area contributed by atoms with Gasteiger partial charge in [0.05, 0.1) is 10.8 Å². The summed E-state index contributed by atoms with van der Waals surface area (Å²) in [5.74, 6) is -1.51. The third kappa shape index (κ3) is 10.2. The Morgan fingerprint density at radius 3 is 1.66 bits per heavy atom. The minimum atomic E-state index is -0.757. The average Bonchev–Trinajstić information content (AvgIpc) is 2.93. The Morgan fingerprint density at radius 2 is 1.21 bits per heavy atom. The second-order valence-corrected chi connectivity index (χ2v) is 9.68. The molecule has 29 heavy (non-hydrogen) atoms. The van der Waals surface area contributed by atoms with Crippen LogP contribution in [0.5, 0.6) is 0 Å². The van der Waals surface area contributed by atoms with Gasteiger partial charge in [-0.3, -0.25) is 9.59 Å². The van der Waals surface area contributed by atoms with Crippen molar-refractivity contribution in [2.75, 3.05) is 0 Å². The molecule has 3 aliphatic rings. The van der Waals surface area contributed by atoms with Crippen LogP contribution in [0, 0.1) is 17.3 Å². The van der Waals surface area contributed by atoms with Crippen molar-refractivity contribution in [1.82, 2.24) is 0 Å². The van der Waals surface area contributed by atoms with Gasteiger partial charge in [-0.25, -0.2) is 12.0 Å². The predicted molar refractivity (Wildman–Crippen MR) is 109 cm³/mol. The van der Waals surface area contributed by atoms with E-state index in [-0.39, 0.29) is 34.1 Å². The third-order valence-corrected chi connectivity index (χ3v) is 5.04. The molecular formula is C23H37ClO4Ti-2. The molecule has 0 spiro atoms. The Balaban J connectivity index is 0. The molecule has 0 amide bonds. The first kappa shape index (κ1) is 30.5. The molecule has 0 bridgehead atoms. The topological polar surface area (TPSA) is 74.6 Å². The fourth-order valence-electron chi connectivity index (χ4n) is 3.12. The molecule has 0 heterocycles.